The Morgan fingerprint density at radius 3 is 2.41 bits per heavy atom. The van der Waals surface area contributed by atoms with Crippen molar-refractivity contribution in [3.63, 3.8) is 0 Å². The number of Topliss-reactive ketones (excluding diaryl/α,β-unsaturated/α-hetero) is 1. The number of nitrogens with zero attached hydrogens (tertiary/aromatic N) is 3. The zero-order valence-electron chi connectivity index (χ0n) is 21.6. The van der Waals surface area contributed by atoms with Crippen molar-refractivity contribution in [1.29, 1.82) is 0 Å². The summed E-state index contributed by atoms with van der Waals surface area (Å²) in [7, 11) is 1.77. The number of anilines is 1. The van der Waals surface area contributed by atoms with Gasteiger partial charge in [-0.3, -0.25) is 24.0 Å². The third kappa shape index (κ3) is 5.85. The number of halogens is 2. The summed E-state index contributed by atoms with van der Waals surface area (Å²) in [6.45, 7) is 7.36. The lowest BCUT2D eigenvalue weighted by Gasteiger charge is -2.32. The van der Waals surface area contributed by atoms with Crippen molar-refractivity contribution >= 4 is 17.5 Å². The van der Waals surface area contributed by atoms with Crippen LogP contribution in [0.4, 0.5) is 14.5 Å². The molecule has 0 radical (unpaired) electrons. The van der Waals surface area contributed by atoms with E-state index < -0.39 is 11.6 Å². The molecule has 4 rings (SSSR count). The van der Waals surface area contributed by atoms with Gasteiger partial charge in [-0.25, -0.2) is 8.78 Å². The molecule has 8 heteroatoms. The second-order valence-electron chi connectivity index (χ2n) is 9.65. The Labute approximate surface area is 215 Å². The number of likely N-dealkylation sites (tertiary alicyclic amines) is 1. The predicted octanol–water partition coefficient (Wildman–Crippen LogP) is 5.35. The van der Waals surface area contributed by atoms with Crippen molar-refractivity contribution in [2.75, 3.05) is 32.0 Å². The minimum absolute atomic E-state index is 0.0576. The maximum atomic E-state index is 14.6. The topological polar surface area (TPSA) is 67.2 Å². The van der Waals surface area contributed by atoms with E-state index in [1.807, 2.05) is 26.0 Å². The van der Waals surface area contributed by atoms with Crippen molar-refractivity contribution in [3.05, 3.63) is 92.7 Å². The lowest BCUT2D eigenvalue weighted by Crippen LogP contribution is -2.34. The van der Waals surface area contributed by atoms with Crippen LogP contribution >= 0.6 is 0 Å². The summed E-state index contributed by atoms with van der Waals surface area (Å²) in [5.41, 5.74) is 4.31. The summed E-state index contributed by atoms with van der Waals surface area (Å²) in [6, 6.07) is 7.52. The van der Waals surface area contributed by atoms with Gasteiger partial charge in [-0.2, -0.15) is 0 Å². The fourth-order valence-corrected chi connectivity index (χ4v) is 4.99. The minimum Gasteiger partial charge on any atom is -0.388 e. The lowest BCUT2D eigenvalue weighted by atomic mass is 9.87. The molecule has 1 fully saturated rings. The number of aromatic nitrogens is 2. The van der Waals surface area contributed by atoms with Gasteiger partial charge in [-0.05, 0) is 76.9 Å². The van der Waals surface area contributed by atoms with Gasteiger partial charge in [0.2, 0.25) is 0 Å². The first-order valence-corrected chi connectivity index (χ1v) is 12.4. The highest BCUT2D eigenvalue weighted by Crippen LogP contribution is 2.33. The average Bonchev–Trinajstić information content (AvgIpc) is 2.86. The number of benzene rings is 1. The smallest absolute Gasteiger partial charge is 0.257 e. The Balaban J connectivity index is 1.49. The molecule has 1 aliphatic heterocycles. The van der Waals surface area contributed by atoms with Gasteiger partial charge in [0.15, 0.2) is 5.78 Å². The van der Waals surface area contributed by atoms with Gasteiger partial charge in [-0.1, -0.05) is 11.6 Å². The Bertz CT molecular complexity index is 1380. The third-order valence-corrected chi connectivity index (χ3v) is 6.98. The molecule has 0 amide bonds. The highest BCUT2D eigenvalue weighted by atomic mass is 19.1. The number of piperidine rings is 1. The molecule has 0 unspecified atom stereocenters. The molecule has 3 aromatic rings. The van der Waals surface area contributed by atoms with Crippen LogP contribution in [0.5, 0.6) is 0 Å². The van der Waals surface area contributed by atoms with Crippen LogP contribution in [-0.4, -0.2) is 46.9 Å². The fourth-order valence-electron chi connectivity index (χ4n) is 4.99. The van der Waals surface area contributed by atoms with E-state index in [1.54, 1.807) is 30.1 Å². The number of carbonyl (C=O) groups excluding carboxylic acids is 1. The first kappa shape index (κ1) is 26.4. The quantitative estimate of drug-likeness (QED) is 0.438. The number of aryl methyl sites for hydroxylation is 1. The van der Waals surface area contributed by atoms with Gasteiger partial charge < -0.3 is 5.32 Å². The number of pyridine rings is 2. The molecule has 0 spiro atoms. The molecule has 1 saturated heterocycles. The molecule has 0 aliphatic carbocycles. The zero-order chi connectivity index (χ0) is 26.7. The highest BCUT2D eigenvalue weighted by Gasteiger charge is 2.26. The Morgan fingerprint density at radius 2 is 1.81 bits per heavy atom. The number of ketones is 1. The molecule has 2 aromatic heterocycles. The maximum absolute atomic E-state index is 14.6. The van der Waals surface area contributed by atoms with Gasteiger partial charge in [0.05, 0.1) is 5.69 Å². The Morgan fingerprint density at radius 1 is 1.14 bits per heavy atom. The zero-order valence-corrected chi connectivity index (χ0v) is 21.6. The van der Waals surface area contributed by atoms with E-state index in [9.17, 15) is 18.4 Å². The van der Waals surface area contributed by atoms with Crippen molar-refractivity contribution in [1.82, 2.24) is 14.5 Å². The largest absolute Gasteiger partial charge is 0.388 e. The summed E-state index contributed by atoms with van der Waals surface area (Å²) in [5, 5.41) is 2.98. The molecule has 1 aliphatic rings. The summed E-state index contributed by atoms with van der Waals surface area (Å²) in [4.78, 5) is 30.9. The second-order valence-corrected chi connectivity index (χ2v) is 9.65. The predicted molar refractivity (Wildman–Crippen MR) is 143 cm³/mol. The number of carbonyl (C=O) groups is 1. The molecular formula is C29H32F2N4O2. The van der Waals surface area contributed by atoms with Crippen molar-refractivity contribution in [2.45, 2.75) is 39.5 Å². The van der Waals surface area contributed by atoms with E-state index in [2.05, 4.69) is 21.3 Å². The molecular weight excluding hydrogens is 474 g/mol. The van der Waals surface area contributed by atoms with Gasteiger partial charge in [0.25, 0.3) is 5.56 Å². The van der Waals surface area contributed by atoms with Crippen molar-refractivity contribution < 1.29 is 13.6 Å². The Hall–Kier alpha value is -3.65. The van der Waals surface area contributed by atoms with E-state index in [4.69, 9.17) is 0 Å². The molecule has 37 heavy (non-hydrogen) atoms. The van der Waals surface area contributed by atoms with Crippen LogP contribution in [0.3, 0.4) is 0 Å². The van der Waals surface area contributed by atoms with E-state index in [-0.39, 0.29) is 28.4 Å². The molecule has 1 N–H and O–H groups in total. The second kappa shape index (κ2) is 11.2. The monoisotopic (exact) mass is 506 g/mol. The van der Waals surface area contributed by atoms with Crippen LogP contribution in [0, 0.1) is 18.6 Å². The summed E-state index contributed by atoms with van der Waals surface area (Å²) >= 11 is 0. The standard InChI is InChI=1S/C29H32F2N4O2/c1-18(13-24-19(2)33-9-5-27(24)35-12-8-23(32-4)16-28(35)37)17-34-10-6-21(7-11-34)29-25(30)14-22(20(3)36)15-26(29)31/h5,8-9,12-16,21,32H,6-7,10-11,17H2,1-4H3/b18-13+. The number of hydrogen-bond donors (Lipinski definition) is 1. The third-order valence-electron chi connectivity index (χ3n) is 6.98. The molecule has 0 saturated carbocycles. The molecule has 1 aromatic carbocycles. The first-order chi connectivity index (χ1) is 17.7. The number of hydrogen-bond acceptors (Lipinski definition) is 5. The first-order valence-electron chi connectivity index (χ1n) is 12.4. The van der Waals surface area contributed by atoms with Crippen LogP contribution in [0.2, 0.25) is 0 Å². The SMILES string of the molecule is CNc1ccn(-c2ccnc(C)c2/C=C(\C)CN2CCC(c3c(F)cc(C(C)=O)cc3F)CC2)c(=O)c1. The van der Waals surface area contributed by atoms with Gasteiger partial charge in [-0.15, -0.1) is 0 Å². The fraction of sp³-hybridized carbons (Fsp3) is 0.345. The average molecular weight is 507 g/mol. The number of rotatable bonds is 7. The summed E-state index contributed by atoms with van der Waals surface area (Å²) < 4.78 is 30.9. The Kier molecular flexibility index (Phi) is 7.97. The van der Waals surface area contributed by atoms with Gasteiger partial charge in [0, 0.05) is 60.1 Å². The van der Waals surface area contributed by atoms with Gasteiger partial charge in [0.1, 0.15) is 11.6 Å². The normalized spacial score (nSPS) is 15.1. The number of nitrogens with one attached hydrogen (secondary N) is 1. The van der Waals surface area contributed by atoms with Crippen LogP contribution < -0.4 is 10.9 Å². The summed E-state index contributed by atoms with van der Waals surface area (Å²) in [6.07, 6.45) is 6.77. The van der Waals surface area contributed by atoms with Gasteiger partial charge >= 0.3 is 0 Å². The molecule has 0 atom stereocenters. The van der Waals surface area contributed by atoms with Crippen LogP contribution in [0.15, 0.2) is 53.1 Å². The van der Waals surface area contributed by atoms with E-state index >= 15 is 0 Å². The van der Waals surface area contributed by atoms with Crippen LogP contribution in [-0.2, 0) is 0 Å². The molecule has 194 valence electrons. The van der Waals surface area contributed by atoms with E-state index in [0.717, 1.165) is 40.3 Å². The van der Waals surface area contributed by atoms with E-state index in [1.165, 1.54) is 6.92 Å². The van der Waals surface area contributed by atoms with Crippen molar-refractivity contribution in [3.8, 4) is 5.69 Å². The molecule has 3 heterocycles. The van der Waals surface area contributed by atoms with E-state index in [0.29, 0.717) is 32.5 Å². The molecule has 6 nitrogen and oxygen atoms in total. The molecule has 0 bridgehead atoms. The van der Waals surface area contributed by atoms with Crippen molar-refractivity contribution in [2.24, 2.45) is 0 Å². The van der Waals surface area contributed by atoms with Crippen LogP contribution in [0.25, 0.3) is 11.8 Å². The highest BCUT2D eigenvalue weighted by molar-refractivity contribution is 5.94. The minimum atomic E-state index is -0.641. The maximum Gasteiger partial charge on any atom is 0.257 e. The lowest BCUT2D eigenvalue weighted by molar-refractivity contribution is 0.101. The van der Waals surface area contributed by atoms with Crippen LogP contribution in [0.1, 0.15) is 59.8 Å². The summed E-state index contributed by atoms with van der Waals surface area (Å²) in [5.74, 6) is -1.86.